The first kappa shape index (κ1) is 15.5. The Bertz CT molecular complexity index is 501. The van der Waals surface area contributed by atoms with Gasteiger partial charge >= 0.3 is 0 Å². The molecule has 22 heavy (non-hydrogen) atoms. The van der Waals surface area contributed by atoms with Crippen molar-refractivity contribution in [2.24, 2.45) is 5.92 Å². The van der Waals surface area contributed by atoms with Gasteiger partial charge in [0.25, 0.3) is 0 Å². The van der Waals surface area contributed by atoms with Gasteiger partial charge in [0.1, 0.15) is 0 Å². The zero-order chi connectivity index (χ0) is 15.5. The summed E-state index contributed by atoms with van der Waals surface area (Å²) >= 11 is 0. The zero-order valence-corrected chi connectivity index (χ0v) is 13.8. The number of nitrogens with zero attached hydrogens (tertiary/aromatic N) is 1. The summed E-state index contributed by atoms with van der Waals surface area (Å²) in [6.45, 7) is 5.52. The van der Waals surface area contributed by atoms with Gasteiger partial charge in [0.15, 0.2) is 0 Å². The van der Waals surface area contributed by atoms with Crippen LogP contribution in [0.25, 0.3) is 0 Å². The molecule has 1 aromatic carbocycles. The predicted octanol–water partition coefficient (Wildman–Crippen LogP) is 3.00. The van der Waals surface area contributed by atoms with Crippen molar-refractivity contribution in [3.05, 3.63) is 35.9 Å². The second kappa shape index (κ2) is 6.82. The third-order valence-electron chi connectivity index (χ3n) is 5.41. The summed E-state index contributed by atoms with van der Waals surface area (Å²) in [5.74, 6) is 0.423. The van der Waals surface area contributed by atoms with Gasteiger partial charge in [-0.1, -0.05) is 36.8 Å². The minimum Gasteiger partial charge on any atom is -0.353 e. The van der Waals surface area contributed by atoms with Gasteiger partial charge in [0.05, 0.1) is 5.92 Å². The topological polar surface area (TPSA) is 32.3 Å². The van der Waals surface area contributed by atoms with E-state index < -0.39 is 0 Å². The summed E-state index contributed by atoms with van der Waals surface area (Å²) in [5.41, 5.74) is 1.28. The third-order valence-corrected chi connectivity index (χ3v) is 5.41. The first-order valence-electron chi connectivity index (χ1n) is 8.75. The van der Waals surface area contributed by atoms with Crippen LogP contribution in [-0.4, -0.2) is 35.5 Å². The fourth-order valence-electron chi connectivity index (χ4n) is 4.23. The van der Waals surface area contributed by atoms with Crippen molar-refractivity contribution >= 4 is 5.91 Å². The summed E-state index contributed by atoms with van der Waals surface area (Å²) in [6, 6.07) is 11.6. The van der Waals surface area contributed by atoms with Gasteiger partial charge in [0.2, 0.25) is 5.91 Å². The molecule has 4 atom stereocenters. The van der Waals surface area contributed by atoms with Crippen molar-refractivity contribution in [2.45, 2.75) is 64.1 Å². The van der Waals surface area contributed by atoms with E-state index in [1.165, 1.54) is 31.4 Å². The van der Waals surface area contributed by atoms with E-state index in [0.29, 0.717) is 12.1 Å². The number of hydrogen-bond acceptors (Lipinski definition) is 2. The van der Waals surface area contributed by atoms with Gasteiger partial charge in [-0.3, -0.25) is 9.69 Å². The van der Waals surface area contributed by atoms with Crippen LogP contribution in [0, 0.1) is 5.92 Å². The molecule has 2 aliphatic rings. The number of rotatable bonds is 4. The highest BCUT2D eigenvalue weighted by atomic mass is 16.2. The monoisotopic (exact) mass is 300 g/mol. The molecule has 0 spiro atoms. The molecule has 3 nitrogen and oxygen atoms in total. The Labute approximate surface area is 134 Å². The molecule has 0 saturated carbocycles. The number of benzene rings is 1. The Kier molecular flexibility index (Phi) is 4.82. The Balaban J connectivity index is 1.55. The Morgan fingerprint density at radius 1 is 1.32 bits per heavy atom. The Hall–Kier alpha value is -1.35. The summed E-state index contributed by atoms with van der Waals surface area (Å²) in [4.78, 5) is 15.2. The molecule has 0 unspecified atom stereocenters. The first-order chi connectivity index (χ1) is 10.6. The molecule has 120 valence electrons. The molecule has 3 heteroatoms. The number of hydrogen-bond donors (Lipinski definition) is 1. The lowest BCUT2D eigenvalue weighted by Crippen LogP contribution is -2.44. The number of piperidine rings is 1. The lowest BCUT2D eigenvalue weighted by Gasteiger charge is -2.32. The number of carbonyl (C=O) groups excluding carboxylic acids is 1. The van der Waals surface area contributed by atoms with E-state index in [2.05, 4.69) is 48.3 Å². The van der Waals surface area contributed by atoms with E-state index in [-0.39, 0.29) is 17.9 Å². The average Bonchev–Trinajstić information content (AvgIpc) is 2.86. The maximum atomic E-state index is 12.7. The number of carbonyl (C=O) groups is 1. The van der Waals surface area contributed by atoms with E-state index in [0.717, 1.165) is 12.8 Å². The van der Waals surface area contributed by atoms with Gasteiger partial charge in [0, 0.05) is 18.1 Å². The summed E-state index contributed by atoms with van der Waals surface area (Å²) in [7, 11) is 0. The normalized spacial score (nSPS) is 29.8. The largest absolute Gasteiger partial charge is 0.353 e. The molecule has 1 amide bonds. The number of nitrogens with one attached hydrogen (secondary N) is 1. The molecule has 0 radical (unpaired) electrons. The van der Waals surface area contributed by atoms with Crippen molar-refractivity contribution in [1.29, 1.82) is 0 Å². The highest BCUT2D eigenvalue weighted by Gasteiger charge is 2.42. The second-order valence-corrected chi connectivity index (χ2v) is 7.07. The predicted molar refractivity (Wildman–Crippen MR) is 89.7 cm³/mol. The van der Waals surface area contributed by atoms with Crippen LogP contribution < -0.4 is 5.32 Å². The Morgan fingerprint density at radius 3 is 2.82 bits per heavy atom. The lowest BCUT2D eigenvalue weighted by molar-refractivity contribution is -0.126. The molecule has 2 heterocycles. The van der Waals surface area contributed by atoms with Crippen molar-refractivity contribution in [1.82, 2.24) is 10.2 Å². The molecule has 3 rings (SSSR count). The molecule has 2 fully saturated rings. The van der Waals surface area contributed by atoms with Crippen molar-refractivity contribution in [3.63, 3.8) is 0 Å². The quantitative estimate of drug-likeness (QED) is 0.927. The maximum Gasteiger partial charge on any atom is 0.224 e. The zero-order valence-electron chi connectivity index (χ0n) is 13.8. The van der Waals surface area contributed by atoms with Crippen LogP contribution in [0.1, 0.15) is 45.1 Å². The summed E-state index contributed by atoms with van der Waals surface area (Å²) in [6.07, 6.45) is 5.84. The summed E-state index contributed by atoms with van der Waals surface area (Å²) in [5, 5.41) is 3.24. The van der Waals surface area contributed by atoms with E-state index in [1.807, 2.05) is 6.07 Å². The van der Waals surface area contributed by atoms with Crippen molar-refractivity contribution < 1.29 is 4.79 Å². The van der Waals surface area contributed by atoms with Crippen LogP contribution >= 0.6 is 0 Å². The highest BCUT2D eigenvalue weighted by molar-refractivity contribution is 5.80. The van der Waals surface area contributed by atoms with Gasteiger partial charge in [-0.15, -0.1) is 0 Å². The van der Waals surface area contributed by atoms with Crippen LogP contribution in [0.3, 0.4) is 0 Å². The molecular formula is C19H28N2O. The van der Waals surface area contributed by atoms with Crippen LogP contribution in [-0.2, 0) is 11.2 Å². The van der Waals surface area contributed by atoms with E-state index in [9.17, 15) is 4.79 Å². The summed E-state index contributed by atoms with van der Waals surface area (Å²) < 4.78 is 0. The smallest absolute Gasteiger partial charge is 0.224 e. The molecule has 0 aliphatic carbocycles. The first-order valence-corrected chi connectivity index (χ1v) is 8.75. The van der Waals surface area contributed by atoms with Gasteiger partial charge in [-0.05, 0) is 51.6 Å². The molecule has 1 N–H and O–H groups in total. The Morgan fingerprint density at radius 2 is 2.09 bits per heavy atom. The van der Waals surface area contributed by atoms with Crippen LogP contribution in [0.2, 0.25) is 0 Å². The van der Waals surface area contributed by atoms with E-state index >= 15 is 0 Å². The van der Waals surface area contributed by atoms with E-state index in [1.54, 1.807) is 0 Å². The molecule has 0 aromatic heterocycles. The lowest BCUT2D eigenvalue weighted by atomic mass is 9.96. The molecule has 0 bridgehead atoms. The highest BCUT2D eigenvalue weighted by Crippen LogP contribution is 2.35. The molecule has 2 saturated heterocycles. The SMILES string of the molecule is C[C@@H]1[C@@H](C(=O)N[C@@H](C)Cc2ccccc2)C[C@H]2CCCCN21. The fraction of sp³-hybridized carbons (Fsp3) is 0.632. The van der Waals surface area contributed by atoms with Gasteiger partial charge in [-0.25, -0.2) is 0 Å². The van der Waals surface area contributed by atoms with E-state index in [4.69, 9.17) is 0 Å². The second-order valence-electron chi connectivity index (χ2n) is 7.07. The van der Waals surface area contributed by atoms with Crippen LogP contribution in [0.15, 0.2) is 30.3 Å². The average molecular weight is 300 g/mol. The number of amides is 1. The number of fused-ring (bicyclic) bond motifs is 1. The third kappa shape index (κ3) is 3.35. The van der Waals surface area contributed by atoms with Gasteiger partial charge in [-0.2, -0.15) is 0 Å². The minimum atomic E-state index is 0.168. The molecule has 1 aromatic rings. The van der Waals surface area contributed by atoms with Crippen molar-refractivity contribution in [2.75, 3.05) is 6.54 Å². The molecular weight excluding hydrogens is 272 g/mol. The molecule has 2 aliphatic heterocycles. The van der Waals surface area contributed by atoms with Crippen LogP contribution in [0.5, 0.6) is 0 Å². The van der Waals surface area contributed by atoms with Crippen LogP contribution in [0.4, 0.5) is 0 Å². The van der Waals surface area contributed by atoms with Crippen molar-refractivity contribution in [3.8, 4) is 0 Å². The fourth-order valence-corrected chi connectivity index (χ4v) is 4.23. The minimum absolute atomic E-state index is 0.168. The standard InChI is InChI=1S/C19H28N2O/c1-14(12-16-8-4-3-5-9-16)20-19(22)18-13-17-10-6-7-11-21(17)15(18)2/h3-5,8-9,14-15,17-18H,6-7,10-13H2,1-2H3,(H,20,22)/t14-,15+,17+,18-/m0/s1. The van der Waals surface area contributed by atoms with Gasteiger partial charge < -0.3 is 5.32 Å². The maximum absolute atomic E-state index is 12.7.